The Labute approximate surface area is 124 Å². The Balaban J connectivity index is 2.42. The summed E-state index contributed by atoms with van der Waals surface area (Å²) in [5, 5.41) is 10.7. The number of rotatable bonds is 3. The van der Waals surface area contributed by atoms with Gasteiger partial charge in [-0.1, -0.05) is 6.92 Å². The molecule has 0 spiro atoms. The van der Waals surface area contributed by atoms with Gasteiger partial charge in [0.1, 0.15) is 5.82 Å². The molecule has 0 aromatic heterocycles. The summed E-state index contributed by atoms with van der Waals surface area (Å²) < 4.78 is 27.4. The molecule has 114 valence electrons. The van der Waals surface area contributed by atoms with Crippen LogP contribution in [0.25, 0.3) is 0 Å². The van der Waals surface area contributed by atoms with Crippen LogP contribution < -0.4 is 0 Å². The Morgan fingerprint density at radius 1 is 1.52 bits per heavy atom. The zero-order chi connectivity index (χ0) is 15.7. The van der Waals surface area contributed by atoms with E-state index in [1.807, 2.05) is 6.92 Å². The van der Waals surface area contributed by atoms with E-state index in [9.17, 15) is 23.7 Å². The van der Waals surface area contributed by atoms with E-state index in [2.05, 4.69) is 0 Å². The molecule has 2 unspecified atom stereocenters. The molecule has 1 aliphatic rings. The van der Waals surface area contributed by atoms with E-state index in [1.165, 1.54) is 4.90 Å². The lowest BCUT2D eigenvalue weighted by atomic mass is 10.0. The molecule has 0 aliphatic carbocycles. The summed E-state index contributed by atoms with van der Waals surface area (Å²) >= 11 is 5.81. The molecule has 2 atom stereocenters. The van der Waals surface area contributed by atoms with Crippen molar-refractivity contribution in [1.82, 2.24) is 4.90 Å². The predicted octanol–water partition coefficient (Wildman–Crippen LogP) is 2.96. The summed E-state index contributed by atoms with van der Waals surface area (Å²) in [4.78, 5) is 23.3. The quantitative estimate of drug-likeness (QED) is 0.489. The van der Waals surface area contributed by atoms with Gasteiger partial charge in [0.2, 0.25) is 5.82 Å². The van der Waals surface area contributed by atoms with Crippen LogP contribution in [0.4, 0.5) is 14.5 Å². The van der Waals surface area contributed by atoms with E-state index in [-0.39, 0.29) is 17.8 Å². The summed E-state index contributed by atoms with van der Waals surface area (Å²) in [5.41, 5.74) is -1.68. The summed E-state index contributed by atoms with van der Waals surface area (Å²) in [6.45, 7) is 2.27. The van der Waals surface area contributed by atoms with E-state index < -0.39 is 33.7 Å². The molecule has 0 N–H and O–H groups in total. The Hall–Kier alpha value is -1.76. The highest BCUT2D eigenvalue weighted by molar-refractivity contribution is 6.18. The number of nitro benzene ring substituents is 1. The molecule has 2 rings (SSSR count). The third-order valence-corrected chi connectivity index (χ3v) is 4.06. The first-order valence-corrected chi connectivity index (χ1v) is 6.90. The normalized spacial score (nSPS) is 21.6. The Morgan fingerprint density at radius 2 is 2.19 bits per heavy atom. The number of hydrogen-bond donors (Lipinski definition) is 0. The van der Waals surface area contributed by atoms with Crippen LogP contribution in [-0.2, 0) is 0 Å². The highest BCUT2D eigenvalue weighted by Crippen LogP contribution is 2.29. The molecule has 0 saturated carbocycles. The lowest BCUT2D eigenvalue weighted by Crippen LogP contribution is -2.39. The molecule has 8 heteroatoms. The van der Waals surface area contributed by atoms with Crippen molar-refractivity contribution < 1.29 is 18.5 Å². The van der Waals surface area contributed by atoms with E-state index in [0.29, 0.717) is 25.1 Å². The van der Waals surface area contributed by atoms with E-state index in [0.717, 1.165) is 0 Å². The lowest BCUT2D eigenvalue weighted by molar-refractivity contribution is -0.387. The van der Waals surface area contributed by atoms with Gasteiger partial charge in [-0.15, -0.1) is 11.6 Å². The SMILES string of the molecule is CC1CCN(C(=O)c2cc(F)cc([N+](=O)[O-])c2F)C1CCl. The first-order chi connectivity index (χ1) is 9.86. The van der Waals surface area contributed by atoms with Gasteiger partial charge in [-0.2, -0.15) is 4.39 Å². The van der Waals surface area contributed by atoms with Gasteiger partial charge < -0.3 is 4.90 Å². The summed E-state index contributed by atoms with van der Waals surface area (Å²) in [5.74, 6) is -2.81. The van der Waals surface area contributed by atoms with E-state index in [4.69, 9.17) is 11.6 Å². The fourth-order valence-corrected chi connectivity index (χ4v) is 2.98. The molecule has 1 fully saturated rings. The van der Waals surface area contributed by atoms with Crippen LogP contribution in [0.3, 0.4) is 0 Å². The molecule has 21 heavy (non-hydrogen) atoms. The monoisotopic (exact) mass is 318 g/mol. The summed E-state index contributed by atoms with van der Waals surface area (Å²) in [6, 6.07) is 0.845. The van der Waals surface area contributed by atoms with Crippen molar-refractivity contribution >= 4 is 23.2 Å². The third-order valence-electron chi connectivity index (χ3n) is 3.75. The zero-order valence-electron chi connectivity index (χ0n) is 11.2. The zero-order valence-corrected chi connectivity index (χ0v) is 11.9. The molecule has 1 heterocycles. The molecule has 1 saturated heterocycles. The van der Waals surface area contributed by atoms with Crippen molar-refractivity contribution in [2.75, 3.05) is 12.4 Å². The number of hydrogen-bond acceptors (Lipinski definition) is 3. The van der Waals surface area contributed by atoms with Crippen LogP contribution in [0.15, 0.2) is 12.1 Å². The van der Waals surface area contributed by atoms with Crippen molar-refractivity contribution in [2.45, 2.75) is 19.4 Å². The Kier molecular flexibility index (Phi) is 4.41. The number of nitro groups is 1. The second-order valence-corrected chi connectivity index (χ2v) is 5.34. The van der Waals surface area contributed by atoms with Gasteiger partial charge in [0.25, 0.3) is 5.91 Å². The number of amides is 1. The average molecular weight is 319 g/mol. The molecule has 0 bridgehead atoms. The largest absolute Gasteiger partial charge is 0.334 e. The van der Waals surface area contributed by atoms with Crippen LogP contribution in [0, 0.1) is 27.7 Å². The topological polar surface area (TPSA) is 63.5 Å². The summed E-state index contributed by atoms with van der Waals surface area (Å²) in [7, 11) is 0. The minimum atomic E-state index is -1.32. The number of nitrogens with zero attached hydrogens (tertiary/aromatic N) is 2. The minimum Gasteiger partial charge on any atom is -0.334 e. The molecule has 1 aliphatic heterocycles. The molecular weight excluding hydrogens is 306 g/mol. The maximum atomic E-state index is 14.0. The molecule has 1 amide bonds. The number of carbonyl (C=O) groups excluding carboxylic acids is 1. The maximum Gasteiger partial charge on any atom is 0.308 e. The predicted molar refractivity (Wildman–Crippen MR) is 72.3 cm³/mol. The molecule has 1 aromatic carbocycles. The summed E-state index contributed by atoms with van der Waals surface area (Å²) in [6.07, 6.45) is 0.697. The van der Waals surface area contributed by atoms with Gasteiger partial charge in [-0.3, -0.25) is 14.9 Å². The first kappa shape index (κ1) is 15.6. The lowest BCUT2D eigenvalue weighted by Gasteiger charge is -2.25. The van der Waals surface area contributed by atoms with Crippen molar-refractivity contribution in [2.24, 2.45) is 5.92 Å². The number of carbonyl (C=O) groups is 1. The van der Waals surface area contributed by atoms with Crippen molar-refractivity contribution in [3.05, 3.63) is 39.4 Å². The fourth-order valence-electron chi connectivity index (χ4n) is 2.51. The first-order valence-electron chi connectivity index (χ1n) is 6.37. The molecule has 1 aromatic rings. The molecule has 0 radical (unpaired) electrons. The fraction of sp³-hybridized carbons (Fsp3) is 0.462. The average Bonchev–Trinajstić information content (AvgIpc) is 2.80. The van der Waals surface area contributed by atoms with Gasteiger partial charge in [0.15, 0.2) is 0 Å². The highest BCUT2D eigenvalue weighted by atomic mass is 35.5. The molecule has 5 nitrogen and oxygen atoms in total. The van der Waals surface area contributed by atoms with Crippen LogP contribution in [0.1, 0.15) is 23.7 Å². The highest BCUT2D eigenvalue weighted by Gasteiger charge is 2.36. The van der Waals surface area contributed by atoms with Crippen LogP contribution in [0.2, 0.25) is 0 Å². The number of benzene rings is 1. The smallest absolute Gasteiger partial charge is 0.308 e. The van der Waals surface area contributed by atoms with Gasteiger partial charge >= 0.3 is 5.69 Å². The maximum absolute atomic E-state index is 14.0. The minimum absolute atomic E-state index is 0.137. The second kappa shape index (κ2) is 5.93. The van der Waals surface area contributed by atoms with Crippen LogP contribution >= 0.6 is 11.6 Å². The second-order valence-electron chi connectivity index (χ2n) is 5.03. The van der Waals surface area contributed by atoms with Gasteiger partial charge in [-0.05, 0) is 18.4 Å². The molecular formula is C13H13ClF2N2O3. The Bertz CT molecular complexity index is 597. The number of likely N-dealkylation sites (tertiary alicyclic amines) is 1. The third kappa shape index (κ3) is 2.83. The van der Waals surface area contributed by atoms with Crippen molar-refractivity contribution in [1.29, 1.82) is 0 Å². The van der Waals surface area contributed by atoms with Gasteiger partial charge in [0, 0.05) is 18.5 Å². The standard InChI is InChI=1S/C13H13ClF2N2O3/c1-7-2-3-17(11(7)6-14)13(19)9-4-8(15)5-10(12(9)16)18(20)21/h4-5,7,11H,2-3,6H2,1H3. The van der Waals surface area contributed by atoms with E-state index >= 15 is 0 Å². The van der Waals surface area contributed by atoms with E-state index in [1.54, 1.807) is 0 Å². The van der Waals surface area contributed by atoms with Crippen molar-refractivity contribution in [3.8, 4) is 0 Å². The van der Waals surface area contributed by atoms with Gasteiger partial charge in [0.05, 0.1) is 16.6 Å². The Morgan fingerprint density at radius 3 is 2.76 bits per heavy atom. The number of halogens is 3. The number of alkyl halides is 1. The van der Waals surface area contributed by atoms with Crippen LogP contribution in [-0.4, -0.2) is 34.2 Å². The van der Waals surface area contributed by atoms with Crippen LogP contribution in [0.5, 0.6) is 0 Å². The van der Waals surface area contributed by atoms with Gasteiger partial charge in [-0.25, -0.2) is 4.39 Å². The van der Waals surface area contributed by atoms with Crippen molar-refractivity contribution in [3.63, 3.8) is 0 Å².